The molecule has 11 aromatic rings. The second kappa shape index (κ2) is 16.7. The highest BCUT2D eigenvalue weighted by Gasteiger charge is 2.48. The van der Waals surface area contributed by atoms with Gasteiger partial charge in [-0.2, -0.15) is 0 Å². The lowest BCUT2D eigenvalue weighted by Crippen LogP contribution is -2.29. The van der Waals surface area contributed by atoms with Crippen LogP contribution in [0.3, 0.4) is 0 Å². The van der Waals surface area contributed by atoms with Crippen LogP contribution in [-0.4, -0.2) is 0 Å². The molecule has 0 atom stereocenters. The summed E-state index contributed by atoms with van der Waals surface area (Å²) in [5, 5.41) is 7.42. The molecule has 0 bridgehead atoms. The molecule has 320 valence electrons. The molecule has 12 rings (SSSR count). The third-order valence-electron chi connectivity index (χ3n) is 14.2. The zero-order valence-electron chi connectivity index (χ0n) is 37.9. The van der Waals surface area contributed by atoms with Gasteiger partial charge in [0.2, 0.25) is 0 Å². The first kappa shape index (κ1) is 40.3. The van der Waals surface area contributed by atoms with Crippen LogP contribution in [0.4, 0.5) is 34.1 Å². The van der Waals surface area contributed by atoms with E-state index in [4.69, 9.17) is 0 Å². The summed E-state index contributed by atoms with van der Waals surface area (Å²) in [6.07, 6.45) is 2.01. The molecule has 0 saturated carbocycles. The normalized spacial score (nSPS) is 12.6. The van der Waals surface area contributed by atoms with Crippen molar-refractivity contribution in [3.8, 4) is 11.1 Å². The molecule has 0 N–H and O–H groups in total. The lowest BCUT2D eigenvalue weighted by Gasteiger charge is -2.35. The summed E-state index contributed by atoms with van der Waals surface area (Å²) >= 11 is 0. The zero-order valence-corrected chi connectivity index (χ0v) is 37.9. The summed E-state index contributed by atoms with van der Waals surface area (Å²) in [6, 6.07) is 90.4. The Labute approximate surface area is 393 Å². The van der Waals surface area contributed by atoms with Gasteiger partial charge in [-0.3, -0.25) is 0 Å². The van der Waals surface area contributed by atoms with Crippen LogP contribution < -0.4 is 9.80 Å². The van der Waals surface area contributed by atoms with E-state index in [9.17, 15) is 0 Å². The fourth-order valence-corrected chi connectivity index (χ4v) is 11.0. The topological polar surface area (TPSA) is 6.48 Å². The van der Waals surface area contributed by atoms with Crippen LogP contribution in [0.5, 0.6) is 0 Å². The van der Waals surface area contributed by atoms with Crippen molar-refractivity contribution < 1.29 is 0 Å². The zero-order chi connectivity index (χ0) is 44.9. The van der Waals surface area contributed by atoms with E-state index in [1.807, 2.05) is 0 Å². The Morgan fingerprint density at radius 2 is 0.776 bits per heavy atom. The summed E-state index contributed by atoms with van der Waals surface area (Å²) in [5.74, 6) is 0. The fourth-order valence-electron chi connectivity index (χ4n) is 11.0. The van der Waals surface area contributed by atoms with Crippen LogP contribution >= 0.6 is 0 Å². The number of hydrogen-bond acceptors (Lipinski definition) is 2. The molecule has 0 aromatic heterocycles. The van der Waals surface area contributed by atoms with Gasteiger partial charge in [-0.25, -0.2) is 0 Å². The molecule has 2 heteroatoms. The molecular weight excluding hydrogens is 809 g/mol. The minimum absolute atomic E-state index is 0.634. The predicted octanol–water partition coefficient (Wildman–Crippen LogP) is 17.6. The molecule has 0 spiro atoms. The largest absolute Gasteiger partial charge is 0.310 e. The Balaban J connectivity index is 1.15. The third-order valence-corrected chi connectivity index (χ3v) is 14.2. The lowest BCUT2D eigenvalue weighted by molar-refractivity contribution is 0.777. The van der Waals surface area contributed by atoms with Crippen molar-refractivity contribution in [1.29, 1.82) is 0 Å². The Bertz CT molecular complexity index is 3530. The van der Waals surface area contributed by atoms with Gasteiger partial charge < -0.3 is 9.80 Å². The van der Waals surface area contributed by atoms with E-state index in [0.29, 0.717) is 0 Å². The summed E-state index contributed by atoms with van der Waals surface area (Å²) in [6.45, 7) is 4.43. The van der Waals surface area contributed by atoms with Gasteiger partial charge >= 0.3 is 0 Å². The average molecular weight is 859 g/mol. The summed E-state index contributed by atoms with van der Waals surface area (Å²) in [4.78, 5) is 4.79. The van der Waals surface area contributed by atoms with Gasteiger partial charge in [0.05, 0.1) is 5.41 Å². The second-order valence-electron chi connectivity index (χ2n) is 17.8. The van der Waals surface area contributed by atoms with Gasteiger partial charge in [-0.15, -0.1) is 0 Å². The van der Waals surface area contributed by atoms with Crippen molar-refractivity contribution in [1.82, 2.24) is 0 Å². The molecular formula is C65H50N2. The van der Waals surface area contributed by atoms with E-state index in [1.165, 1.54) is 76.8 Å². The number of para-hydroxylation sites is 2. The Morgan fingerprint density at radius 1 is 0.328 bits per heavy atom. The highest BCUT2D eigenvalue weighted by molar-refractivity contribution is 6.20. The van der Waals surface area contributed by atoms with Crippen molar-refractivity contribution in [3.63, 3.8) is 0 Å². The van der Waals surface area contributed by atoms with Gasteiger partial charge in [0.1, 0.15) is 0 Å². The second-order valence-corrected chi connectivity index (χ2v) is 17.8. The Kier molecular flexibility index (Phi) is 10.0. The van der Waals surface area contributed by atoms with Crippen molar-refractivity contribution in [2.24, 2.45) is 0 Å². The quantitative estimate of drug-likeness (QED) is 0.126. The summed E-state index contributed by atoms with van der Waals surface area (Å²) in [5.41, 5.74) is 16.5. The minimum Gasteiger partial charge on any atom is -0.310 e. The molecule has 0 radical (unpaired) electrons. The van der Waals surface area contributed by atoms with Crippen molar-refractivity contribution in [2.75, 3.05) is 9.80 Å². The van der Waals surface area contributed by atoms with Gasteiger partial charge in [0.25, 0.3) is 0 Å². The first-order valence-electron chi connectivity index (χ1n) is 23.7. The fraction of sp³-hybridized carbons (Fsp3) is 0.0769. The number of rotatable bonds is 10. The van der Waals surface area contributed by atoms with Crippen molar-refractivity contribution in [2.45, 2.75) is 32.1 Å². The number of fused-ring (bicyclic) bond motifs is 9. The highest BCUT2D eigenvalue weighted by atomic mass is 15.1. The van der Waals surface area contributed by atoms with Crippen LogP contribution in [0, 0.1) is 0 Å². The maximum atomic E-state index is 2.52. The van der Waals surface area contributed by atoms with Crippen LogP contribution in [-0.2, 0) is 18.3 Å². The lowest BCUT2D eigenvalue weighted by atomic mass is 9.66. The molecule has 0 heterocycles. The van der Waals surface area contributed by atoms with E-state index in [1.54, 1.807) is 0 Å². The number of nitrogens with zero attached hydrogens (tertiary/aromatic N) is 2. The van der Waals surface area contributed by atoms with Crippen LogP contribution in [0.1, 0.15) is 47.2 Å². The van der Waals surface area contributed by atoms with E-state index in [-0.39, 0.29) is 0 Å². The van der Waals surface area contributed by atoms with E-state index >= 15 is 0 Å². The summed E-state index contributed by atoms with van der Waals surface area (Å²) in [7, 11) is 0. The number of benzene rings is 11. The van der Waals surface area contributed by atoms with E-state index in [2.05, 4.69) is 266 Å². The molecule has 0 aliphatic heterocycles. The minimum atomic E-state index is -0.634. The SMILES string of the molecule is CCc1ccc(N(c2ccccc2)c2ccc3cc4c(cc3c2)C(c2ccccc2)(c2ccccc2)c2c-4c3ccccc3c3cc(N(c4ccccc4)c4ccc(CC)cc4)ccc23)cc1. The summed E-state index contributed by atoms with van der Waals surface area (Å²) < 4.78 is 0. The number of hydrogen-bond donors (Lipinski definition) is 0. The van der Waals surface area contributed by atoms with Crippen LogP contribution in [0.2, 0.25) is 0 Å². The van der Waals surface area contributed by atoms with Gasteiger partial charge in [0, 0.05) is 34.1 Å². The van der Waals surface area contributed by atoms with Crippen molar-refractivity contribution >= 4 is 66.4 Å². The van der Waals surface area contributed by atoms with Gasteiger partial charge in [-0.05, 0) is 175 Å². The smallest absolute Gasteiger partial charge is 0.0720 e. The molecule has 0 amide bonds. The van der Waals surface area contributed by atoms with Gasteiger partial charge in [-0.1, -0.05) is 172 Å². The maximum Gasteiger partial charge on any atom is 0.0720 e. The first-order chi connectivity index (χ1) is 33.1. The standard InChI is InChI=1S/C65H50N2/c1-3-45-29-34-53(35-30-45)66(51-23-13-7-14-24-51)55-38-33-47-42-61-62(43-48(47)41-55)65(49-19-9-5-10-20-49,50-21-11-6-12-22-50)64-59-40-39-56(44-60(59)57-27-17-18-28-58(57)63(61)64)67(52-25-15-8-16-26-52)54-36-31-46(4-2)32-37-54/h5-44H,3-4H2,1-2H3. The van der Waals surface area contributed by atoms with E-state index in [0.717, 1.165) is 47.0 Å². The molecule has 0 saturated heterocycles. The first-order valence-corrected chi connectivity index (χ1v) is 23.7. The van der Waals surface area contributed by atoms with E-state index < -0.39 is 5.41 Å². The Morgan fingerprint density at radius 3 is 1.31 bits per heavy atom. The number of aryl methyl sites for hydroxylation is 2. The monoisotopic (exact) mass is 858 g/mol. The molecule has 1 aliphatic rings. The van der Waals surface area contributed by atoms with Gasteiger partial charge in [0.15, 0.2) is 0 Å². The Hall–Kier alpha value is -8.20. The molecule has 0 fully saturated rings. The van der Waals surface area contributed by atoms with Crippen LogP contribution in [0.25, 0.3) is 43.4 Å². The van der Waals surface area contributed by atoms with Crippen molar-refractivity contribution in [3.05, 3.63) is 276 Å². The molecule has 11 aromatic carbocycles. The molecule has 0 unspecified atom stereocenters. The van der Waals surface area contributed by atoms with Crippen LogP contribution in [0.15, 0.2) is 243 Å². The molecule has 67 heavy (non-hydrogen) atoms. The highest BCUT2D eigenvalue weighted by Crippen LogP contribution is 2.61. The molecule has 1 aliphatic carbocycles. The maximum absolute atomic E-state index is 2.52. The predicted molar refractivity (Wildman–Crippen MR) is 284 cm³/mol. The third kappa shape index (κ3) is 6.63. The molecule has 2 nitrogen and oxygen atoms in total. The average Bonchev–Trinajstić information content (AvgIpc) is 3.70. The number of anilines is 6.